The summed E-state index contributed by atoms with van der Waals surface area (Å²) in [5.41, 5.74) is 0.856. The molecule has 17 heavy (non-hydrogen) atoms. The topological polar surface area (TPSA) is 84.0 Å². The maximum atomic E-state index is 11.4. The van der Waals surface area contributed by atoms with Crippen molar-refractivity contribution < 1.29 is 8.42 Å². The minimum atomic E-state index is -3.18. The van der Waals surface area contributed by atoms with Crippen LogP contribution >= 0.6 is 0 Å². The van der Waals surface area contributed by atoms with Gasteiger partial charge in [-0.15, -0.1) is 0 Å². The van der Waals surface area contributed by atoms with Crippen LogP contribution < -0.4 is 10.0 Å². The van der Waals surface area contributed by atoms with Gasteiger partial charge in [0, 0.05) is 24.8 Å². The molecule has 1 rings (SSSR count). The van der Waals surface area contributed by atoms with Crippen molar-refractivity contribution in [2.24, 2.45) is 0 Å². The molecule has 0 aliphatic heterocycles. The molecule has 0 aromatic carbocycles. The Hall–Kier alpha value is -1.21. The quantitative estimate of drug-likeness (QED) is 0.773. The van der Waals surface area contributed by atoms with Crippen LogP contribution in [0.4, 0.5) is 5.82 Å². The van der Waals surface area contributed by atoms with E-state index in [2.05, 4.69) is 20.0 Å². The highest BCUT2D eigenvalue weighted by atomic mass is 32.2. The summed E-state index contributed by atoms with van der Waals surface area (Å²) >= 11 is 0. The lowest BCUT2D eigenvalue weighted by Crippen LogP contribution is -2.29. The average Bonchev–Trinajstić information content (AvgIpc) is 2.15. The van der Waals surface area contributed by atoms with Crippen molar-refractivity contribution in [2.75, 3.05) is 24.2 Å². The molecule has 0 aliphatic carbocycles. The zero-order valence-electron chi connectivity index (χ0n) is 10.3. The summed E-state index contributed by atoms with van der Waals surface area (Å²) in [5, 5.41) is 2.97. The van der Waals surface area contributed by atoms with Crippen LogP contribution in [0.25, 0.3) is 0 Å². The number of anilines is 1. The van der Waals surface area contributed by atoms with Crippen molar-refractivity contribution in [3.63, 3.8) is 0 Å². The number of nitrogens with zero attached hydrogens (tertiary/aromatic N) is 2. The summed E-state index contributed by atoms with van der Waals surface area (Å²) < 4.78 is 25.2. The van der Waals surface area contributed by atoms with Gasteiger partial charge in [0.1, 0.15) is 11.6 Å². The Morgan fingerprint density at radius 3 is 2.59 bits per heavy atom. The van der Waals surface area contributed by atoms with Crippen LogP contribution in [0.1, 0.15) is 18.4 Å². The third kappa shape index (κ3) is 5.10. The van der Waals surface area contributed by atoms with E-state index >= 15 is 0 Å². The highest BCUT2D eigenvalue weighted by Crippen LogP contribution is 2.04. The van der Waals surface area contributed by atoms with E-state index in [-0.39, 0.29) is 5.75 Å². The third-order valence-electron chi connectivity index (χ3n) is 2.01. The molecule has 0 spiro atoms. The number of hydrogen-bond donors (Lipinski definition) is 2. The highest BCUT2D eigenvalue weighted by Gasteiger charge is 2.07. The second-order valence-corrected chi connectivity index (χ2v) is 5.61. The molecule has 1 heterocycles. The zero-order chi connectivity index (χ0) is 12.9. The van der Waals surface area contributed by atoms with Gasteiger partial charge in [0.2, 0.25) is 10.0 Å². The van der Waals surface area contributed by atoms with E-state index in [0.717, 1.165) is 5.69 Å². The summed E-state index contributed by atoms with van der Waals surface area (Å²) in [7, 11) is -3.18. The van der Waals surface area contributed by atoms with Gasteiger partial charge >= 0.3 is 0 Å². The fraction of sp³-hybridized carbons (Fsp3) is 0.600. The lowest BCUT2D eigenvalue weighted by atomic mass is 10.4. The molecule has 0 amide bonds. The predicted octanol–water partition coefficient (Wildman–Crippen LogP) is 0.445. The number of aromatic nitrogens is 2. The van der Waals surface area contributed by atoms with Crippen LogP contribution in [0.3, 0.4) is 0 Å². The number of nitrogens with one attached hydrogen (secondary N) is 2. The summed E-state index contributed by atoms with van der Waals surface area (Å²) in [6, 6.07) is 1.78. The van der Waals surface area contributed by atoms with Gasteiger partial charge in [0.05, 0.1) is 5.75 Å². The zero-order valence-corrected chi connectivity index (χ0v) is 11.1. The smallest absolute Gasteiger partial charge is 0.213 e. The normalized spacial score (nSPS) is 11.5. The van der Waals surface area contributed by atoms with Gasteiger partial charge in [-0.05, 0) is 13.8 Å². The van der Waals surface area contributed by atoms with Crippen molar-refractivity contribution in [2.45, 2.75) is 20.8 Å². The van der Waals surface area contributed by atoms with Crippen molar-refractivity contribution in [1.29, 1.82) is 0 Å². The minimum absolute atomic E-state index is 0.0307. The van der Waals surface area contributed by atoms with E-state index in [9.17, 15) is 8.42 Å². The van der Waals surface area contributed by atoms with E-state index in [1.54, 1.807) is 19.9 Å². The monoisotopic (exact) mass is 258 g/mol. The first kappa shape index (κ1) is 13.9. The lowest BCUT2D eigenvalue weighted by Gasteiger charge is -2.07. The molecule has 2 N–H and O–H groups in total. The largest absolute Gasteiger partial charge is 0.369 e. The number of hydrogen-bond acceptors (Lipinski definition) is 5. The van der Waals surface area contributed by atoms with Crippen LogP contribution in [0, 0.1) is 13.8 Å². The van der Waals surface area contributed by atoms with Gasteiger partial charge in [0.15, 0.2) is 0 Å². The molecular formula is C10H18N4O2S. The molecule has 1 aromatic heterocycles. The molecular weight excluding hydrogens is 240 g/mol. The Morgan fingerprint density at radius 2 is 2.00 bits per heavy atom. The van der Waals surface area contributed by atoms with E-state index in [0.29, 0.717) is 24.7 Å². The summed E-state index contributed by atoms with van der Waals surface area (Å²) in [5.74, 6) is 1.35. The molecule has 0 radical (unpaired) electrons. The van der Waals surface area contributed by atoms with E-state index in [1.807, 2.05) is 6.92 Å². The van der Waals surface area contributed by atoms with Gasteiger partial charge < -0.3 is 5.32 Å². The molecule has 0 fully saturated rings. The van der Waals surface area contributed by atoms with Gasteiger partial charge in [-0.2, -0.15) is 0 Å². The highest BCUT2D eigenvalue weighted by molar-refractivity contribution is 7.89. The van der Waals surface area contributed by atoms with Gasteiger partial charge in [-0.25, -0.2) is 23.1 Å². The Balaban J connectivity index is 2.51. The van der Waals surface area contributed by atoms with Crippen LogP contribution in [-0.2, 0) is 10.0 Å². The number of rotatable bonds is 6. The standard InChI is InChI=1S/C10H18N4O2S/c1-4-12-17(15,16)6-5-11-10-7-8(2)13-9(3)14-10/h7,12H,4-6H2,1-3H3,(H,11,13,14). The van der Waals surface area contributed by atoms with Gasteiger partial charge in [-0.3, -0.25) is 0 Å². The molecule has 0 aliphatic rings. The van der Waals surface area contributed by atoms with Gasteiger partial charge in [-0.1, -0.05) is 6.92 Å². The molecule has 96 valence electrons. The Morgan fingerprint density at radius 1 is 1.29 bits per heavy atom. The van der Waals surface area contributed by atoms with Gasteiger partial charge in [0.25, 0.3) is 0 Å². The average molecular weight is 258 g/mol. The molecule has 1 aromatic rings. The molecule has 0 unspecified atom stereocenters. The van der Waals surface area contributed by atoms with E-state index < -0.39 is 10.0 Å². The third-order valence-corrected chi connectivity index (χ3v) is 3.48. The Bertz CT molecular complexity index is 453. The van der Waals surface area contributed by atoms with Crippen molar-refractivity contribution >= 4 is 15.8 Å². The second kappa shape index (κ2) is 5.92. The maximum Gasteiger partial charge on any atom is 0.213 e. The van der Waals surface area contributed by atoms with Crippen molar-refractivity contribution in [3.8, 4) is 0 Å². The lowest BCUT2D eigenvalue weighted by molar-refractivity contribution is 0.584. The molecule has 7 heteroatoms. The molecule has 0 saturated carbocycles. The van der Waals surface area contributed by atoms with Crippen molar-refractivity contribution in [1.82, 2.24) is 14.7 Å². The molecule has 6 nitrogen and oxygen atoms in total. The molecule has 0 atom stereocenters. The Labute approximate surface area is 102 Å². The first-order chi connectivity index (χ1) is 7.93. The van der Waals surface area contributed by atoms with Crippen molar-refractivity contribution in [3.05, 3.63) is 17.6 Å². The fourth-order valence-electron chi connectivity index (χ4n) is 1.41. The number of sulfonamides is 1. The Kier molecular flexibility index (Phi) is 4.83. The van der Waals surface area contributed by atoms with E-state index in [1.165, 1.54) is 0 Å². The first-order valence-corrected chi connectivity index (χ1v) is 7.11. The molecule has 0 saturated heterocycles. The van der Waals surface area contributed by atoms with E-state index in [4.69, 9.17) is 0 Å². The molecule has 0 bridgehead atoms. The van der Waals surface area contributed by atoms with Crippen LogP contribution in [0.2, 0.25) is 0 Å². The minimum Gasteiger partial charge on any atom is -0.369 e. The van der Waals surface area contributed by atoms with Crippen LogP contribution in [0.5, 0.6) is 0 Å². The fourth-order valence-corrected chi connectivity index (χ4v) is 2.37. The summed E-state index contributed by atoms with van der Waals surface area (Å²) in [4.78, 5) is 8.30. The summed E-state index contributed by atoms with van der Waals surface area (Å²) in [6.07, 6.45) is 0. The SMILES string of the molecule is CCNS(=O)(=O)CCNc1cc(C)nc(C)n1. The first-order valence-electron chi connectivity index (χ1n) is 5.46. The van der Waals surface area contributed by atoms with Crippen LogP contribution in [0.15, 0.2) is 6.07 Å². The van der Waals surface area contributed by atoms with Crippen LogP contribution in [-0.4, -0.2) is 37.2 Å². The second-order valence-electron chi connectivity index (χ2n) is 3.69. The maximum absolute atomic E-state index is 11.4. The predicted molar refractivity (Wildman–Crippen MR) is 67.5 cm³/mol. The number of aryl methyl sites for hydroxylation is 2. The summed E-state index contributed by atoms with van der Waals surface area (Å²) in [6.45, 7) is 6.16.